The fourth-order valence-corrected chi connectivity index (χ4v) is 1.14. The molecule has 0 spiro atoms. The number of nitrogens with zero attached hydrogens (tertiary/aromatic N) is 1. The zero-order valence-electron chi connectivity index (χ0n) is 7.67. The number of aliphatic carboxylic acids is 1. The summed E-state index contributed by atoms with van der Waals surface area (Å²) in [5.74, 6) is -3.69. The van der Waals surface area contributed by atoms with Gasteiger partial charge in [-0.05, 0) is 0 Å². The standard InChI is InChI=1S/C7H8F3NO4/c1-11(4(12)7(8,9)10)6(5(13)14)2-15-3-6/h2-3H2,1H3,(H,13,14). The number of carboxylic acid groups (broad SMARTS) is 1. The molecule has 1 aliphatic rings. The lowest BCUT2D eigenvalue weighted by molar-refractivity contribution is -0.212. The van der Waals surface area contributed by atoms with Crippen LogP contribution in [0.2, 0.25) is 0 Å². The number of ether oxygens (including phenoxy) is 1. The number of hydrogen-bond acceptors (Lipinski definition) is 3. The minimum Gasteiger partial charge on any atom is -0.479 e. The number of carboxylic acids is 1. The van der Waals surface area contributed by atoms with Gasteiger partial charge in [-0.3, -0.25) is 4.79 Å². The Labute approximate surface area is 82.4 Å². The zero-order valence-corrected chi connectivity index (χ0v) is 7.67. The van der Waals surface area contributed by atoms with Crippen molar-refractivity contribution in [2.75, 3.05) is 20.3 Å². The van der Waals surface area contributed by atoms with Gasteiger partial charge in [0.1, 0.15) is 0 Å². The van der Waals surface area contributed by atoms with E-state index in [9.17, 15) is 22.8 Å². The van der Waals surface area contributed by atoms with E-state index in [0.29, 0.717) is 0 Å². The van der Waals surface area contributed by atoms with Crippen LogP contribution in [0.1, 0.15) is 0 Å². The second-order valence-corrected chi connectivity index (χ2v) is 3.19. The highest BCUT2D eigenvalue weighted by Crippen LogP contribution is 2.28. The molecule has 1 aliphatic heterocycles. The molecule has 1 rings (SSSR count). The summed E-state index contributed by atoms with van der Waals surface area (Å²) in [5.41, 5.74) is -1.88. The molecule has 0 atom stereocenters. The van der Waals surface area contributed by atoms with E-state index in [-0.39, 0.29) is 4.90 Å². The van der Waals surface area contributed by atoms with Crippen LogP contribution in [0.3, 0.4) is 0 Å². The molecular weight excluding hydrogens is 219 g/mol. The number of rotatable bonds is 2. The third kappa shape index (κ3) is 1.76. The van der Waals surface area contributed by atoms with Gasteiger partial charge in [-0.2, -0.15) is 13.2 Å². The van der Waals surface area contributed by atoms with Gasteiger partial charge in [-0.25, -0.2) is 4.79 Å². The van der Waals surface area contributed by atoms with E-state index >= 15 is 0 Å². The Morgan fingerprint density at radius 2 is 1.87 bits per heavy atom. The maximum Gasteiger partial charge on any atom is 0.471 e. The number of amides is 1. The van der Waals surface area contributed by atoms with Gasteiger partial charge in [-0.1, -0.05) is 0 Å². The van der Waals surface area contributed by atoms with Crippen molar-refractivity contribution in [2.45, 2.75) is 11.7 Å². The zero-order chi connectivity index (χ0) is 11.9. The van der Waals surface area contributed by atoms with E-state index in [1.807, 2.05) is 0 Å². The van der Waals surface area contributed by atoms with Gasteiger partial charge in [0.15, 0.2) is 5.54 Å². The molecule has 15 heavy (non-hydrogen) atoms. The monoisotopic (exact) mass is 227 g/mol. The molecule has 1 heterocycles. The van der Waals surface area contributed by atoms with Crippen LogP contribution in [-0.4, -0.2) is 53.9 Å². The Morgan fingerprint density at radius 3 is 2.07 bits per heavy atom. The molecule has 1 fully saturated rings. The molecule has 0 aromatic carbocycles. The van der Waals surface area contributed by atoms with Crippen LogP contribution in [0.4, 0.5) is 13.2 Å². The van der Waals surface area contributed by atoms with Crippen LogP contribution in [0.5, 0.6) is 0 Å². The molecular formula is C7H8F3NO4. The van der Waals surface area contributed by atoms with Crippen LogP contribution in [-0.2, 0) is 14.3 Å². The summed E-state index contributed by atoms with van der Waals surface area (Å²) >= 11 is 0. The molecule has 1 N–H and O–H groups in total. The van der Waals surface area contributed by atoms with Crippen molar-refractivity contribution in [3.63, 3.8) is 0 Å². The van der Waals surface area contributed by atoms with Crippen LogP contribution >= 0.6 is 0 Å². The van der Waals surface area contributed by atoms with Gasteiger partial charge >= 0.3 is 18.1 Å². The first-order valence-corrected chi connectivity index (χ1v) is 3.88. The van der Waals surface area contributed by atoms with Crippen molar-refractivity contribution in [3.8, 4) is 0 Å². The molecule has 0 unspecified atom stereocenters. The first-order chi connectivity index (χ1) is 6.72. The first-order valence-electron chi connectivity index (χ1n) is 3.88. The summed E-state index contributed by atoms with van der Waals surface area (Å²) in [5, 5.41) is 8.73. The molecule has 0 radical (unpaired) electrons. The summed E-state index contributed by atoms with van der Waals surface area (Å²) in [4.78, 5) is 21.7. The van der Waals surface area contributed by atoms with Crippen LogP contribution in [0.15, 0.2) is 0 Å². The Bertz CT molecular complexity index is 297. The van der Waals surface area contributed by atoms with E-state index in [1.54, 1.807) is 0 Å². The first kappa shape index (κ1) is 11.8. The highest BCUT2D eigenvalue weighted by atomic mass is 19.4. The normalized spacial score (nSPS) is 19.2. The lowest BCUT2D eigenvalue weighted by Crippen LogP contribution is -2.68. The molecule has 0 aromatic heterocycles. The second-order valence-electron chi connectivity index (χ2n) is 3.19. The highest BCUT2D eigenvalue weighted by Gasteiger charge is 2.56. The van der Waals surface area contributed by atoms with Gasteiger partial charge in [0.25, 0.3) is 0 Å². The third-order valence-corrected chi connectivity index (χ3v) is 2.27. The molecule has 8 heteroatoms. The fraction of sp³-hybridized carbons (Fsp3) is 0.714. The fourth-order valence-electron chi connectivity index (χ4n) is 1.14. The summed E-state index contributed by atoms with van der Waals surface area (Å²) in [7, 11) is 0.798. The Morgan fingerprint density at radius 1 is 1.40 bits per heavy atom. The van der Waals surface area contributed by atoms with Gasteiger partial charge < -0.3 is 14.7 Å². The summed E-state index contributed by atoms with van der Waals surface area (Å²) in [6.07, 6.45) is -5.08. The van der Waals surface area contributed by atoms with Crippen LogP contribution in [0.25, 0.3) is 0 Å². The third-order valence-electron chi connectivity index (χ3n) is 2.27. The smallest absolute Gasteiger partial charge is 0.471 e. The van der Waals surface area contributed by atoms with E-state index in [2.05, 4.69) is 4.74 Å². The minimum atomic E-state index is -5.08. The largest absolute Gasteiger partial charge is 0.479 e. The summed E-state index contributed by atoms with van der Waals surface area (Å²) in [6, 6.07) is 0. The number of carbonyl (C=O) groups is 2. The molecule has 0 bridgehead atoms. The van der Waals surface area contributed by atoms with Gasteiger partial charge in [0.05, 0.1) is 13.2 Å². The predicted molar refractivity (Wildman–Crippen MR) is 40.0 cm³/mol. The molecule has 86 valence electrons. The van der Waals surface area contributed by atoms with E-state index < -0.39 is 36.8 Å². The van der Waals surface area contributed by atoms with Crippen molar-refractivity contribution in [1.82, 2.24) is 4.90 Å². The number of carbonyl (C=O) groups excluding carboxylic acids is 1. The van der Waals surface area contributed by atoms with Crippen LogP contribution in [0, 0.1) is 0 Å². The summed E-state index contributed by atoms with van der Waals surface area (Å²) < 4.78 is 40.6. The Kier molecular flexibility index (Phi) is 2.64. The van der Waals surface area contributed by atoms with Crippen molar-refractivity contribution in [2.24, 2.45) is 0 Å². The maximum absolute atomic E-state index is 12.0. The lowest BCUT2D eigenvalue weighted by atomic mass is 9.95. The van der Waals surface area contributed by atoms with Gasteiger partial charge in [-0.15, -0.1) is 0 Å². The quantitative estimate of drug-likeness (QED) is 0.713. The number of hydrogen-bond donors (Lipinski definition) is 1. The molecule has 0 aliphatic carbocycles. The lowest BCUT2D eigenvalue weighted by Gasteiger charge is -2.44. The van der Waals surface area contributed by atoms with E-state index in [0.717, 1.165) is 7.05 Å². The molecule has 0 saturated carbocycles. The molecule has 5 nitrogen and oxygen atoms in total. The van der Waals surface area contributed by atoms with Crippen molar-refractivity contribution in [1.29, 1.82) is 0 Å². The summed E-state index contributed by atoms with van der Waals surface area (Å²) in [6.45, 7) is -0.860. The number of alkyl halides is 3. The average Bonchev–Trinajstić information content (AvgIpc) is 1.97. The maximum atomic E-state index is 12.0. The SMILES string of the molecule is CN(C(=O)C(F)(F)F)C1(C(=O)O)COC1. The predicted octanol–water partition coefficient (Wildman–Crippen LogP) is -0.139. The Hall–Kier alpha value is -1.31. The molecule has 1 saturated heterocycles. The topological polar surface area (TPSA) is 66.8 Å². The minimum absolute atomic E-state index is 0.166. The molecule has 0 aromatic rings. The van der Waals surface area contributed by atoms with Crippen molar-refractivity contribution < 1.29 is 32.6 Å². The molecule has 1 amide bonds. The van der Waals surface area contributed by atoms with Gasteiger partial charge in [0.2, 0.25) is 0 Å². The Balaban J connectivity index is 2.88. The van der Waals surface area contributed by atoms with Crippen molar-refractivity contribution >= 4 is 11.9 Å². The highest BCUT2D eigenvalue weighted by molar-refractivity contribution is 5.90. The number of likely N-dealkylation sites (N-methyl/N-ethyl adjacent to an activating group) is 1. The average molecular weight is 227 g/mol. The number of halogens is 3. The van der Waals surface area contributed by atoms with Gasteiger partial charge in [0, 0.05) is 7.05 Å². The van der Waals surface area contributed by atoms with Crippen LogP contribution < -0.4 is 0 Å². The van der Waals surface area contributed by atoms with E-state index in [4.69, 9.17) is 5.11 Å². The van der Waals surface area contributed by atoms with E-state index in [1.165, 1.54) is 0 Å². The second kappa shape index (κ2) is 3.37. The van der Waals surface area contributed by atoms with Crippen molar-refractivity contribution in [3.05, 3.63) is 0 Å².